The number of halogens is 3. The second kappa shape index (κ2) is 17.7. The van der Waals surface area contributed by atoms with E-state index in [0.717, 1.165) is 18.6 Å². The third kappa shape index (κ3) is 10.5. The molecule has 0 aliphatic carbocycles. The van der Waals surface area contributed by atoms with E-state index in [0.29, 0.717) is 48.1 Å². The van der Waals surface area contributed by atoms with E-state index < -0.39 is 41.9 Å². The first-order valence-corrected chi connectivity index (χ1v) is 17.7. The molecule has 3 aromatic carbocycles. The molecule has 0 saturated heterocycles. The van der Waals surface area contributed by atoms with Gasteiger partial charge in [0, 0.05) is 55.8 Å². The van der Waals surface area contributed by atoms with Gasteiger partial charge in [-0.25, -0.2) is 9.59 Å². The monoisotopic (exact) mass is 757 g/mol. The fourth-order valence-electron chi connectivity index (χ4n) is 6.04. The standard InChI is InChI=1S/C38H46F3N5O8/c1-23-19-46(24(2)21-47)35(48)30-17-28(42-36(49)43-29-13-15-32-33(18-29)53-22-52-32)12-14-31(30)54-25(3)7-5-6-16-51-34(23)20-45(4)37(50)44-27-10-8-26(9-11-27)38(39,40)41/h8-15,17-18,23-25,34,47H,5-7,16,19-22H2,1-4H3,(H,44,50)(H2,42,43,49)/t23-,24+,25+,34+/m0/s1. The molecule has 5 rings (SSSR count). The third-order valence-corrected chi connectivity index (χ3v) is 9.20. The highest BCUT2D eigenvalue weighted by Crippen LogP contribution is 2.35. The first-order chi connectivity index (χ1) is 25.7. The quantitative estimate of drug-likeness (QED) is 0.201. The number of hydrogen-bond donors (Lipinski definition) is 4. The number of ether oxygens (including phenoxy) is 4. The second-order valence-electron chi connectivity index (χ2n) is 13.5. The number of nitrogens with one attached hydrogen (secondary N) is 3. The minimum atomic E-state index is -4.50. The molecule has 0 spiro atoms. The molecule has 13 nitrogen and oxygen atoms in total. The average Bonchev–Trinajstić information content (AvgIpc) is 3.60. The summed E-state index contributed by atoms with van der Waals surface area (Å²) in [6.45, 7) is 5.83. The summed E-state index contributed by atoms with van der Waals surface area (Å²) in [7, 11) is 1.55. The maximum atomic E-state index is 14.4. The molecule has 5 amide bonds. The Bertz CT molecular complexity index is 1780. The van der Waals surface area contributed by atoms with Crippen molar-refractivity contribution in [3.05, 3.63) is 71.8 Å². The molecule has 292 valence electrons. The predicted molar refractivity (Wildman–Crippen MR) is 195 cm³/mol. The van der Waals surface area contributed by atoms with E-state index in [1.54, 1.807) is 44.3 Å². The van der Waals surface area contributed by atoms with Gasteiger partial charge in [0.2, 0.25) is 6.79 Å². The van der Waals surface area contributed by atoms with E-state index in [4.69, 9.17) is 18.9 Å². The van der Waals surface area contributed by atoms with Crippen LogP contribution in [0.2, 0.25) is 0 Å². The molecular weight excluding hydrogens is 711 g/mol. The summed E-state index contributed by atoms with van der Waals surface area (Å²) >= 11 is 0. The SMILES string of the molecule is C[C@@H]1CCCCO[C@H](CN(C)C(=O)Nc2ccc(C(F)(F)F)cc2)[C@@H](C)CN([C@H](C)CO)C(=O)c2cc(NC(=O)Nc3ccc4c(c3)OCO4)ccc2O1. The van der Waals surface area contributed by atoms with Crippen LogP contribution >= 0.6 is 0 Å². The van der Waals surface area contributed by atoms with Crippen LogP contribution in [0, 0.1) is 5.92 Å². The van der Waals surface area contributed by atoms with Crippen molar-refractivity contribution in [1.29, 1.82) is 0 Å². The Morgan fingerprint density at radius 3 is 2.26 bits per heavy atom. The van der Waals surface area contributed by atoms with Gasteiger partial charge in [0.25, 0.3) is 5.91 Å². The lowest BCUT2D eigenvalue weighted by molar-refractivity contribution is -0.137. The number of rotatable bonds is 7. The van der Waals surface area contributed by atoms with Gasteiger partial charge < -0.3 is 49.8 Å². The molecular formula is C38H46F3N5O8. The molecule has 0 fully saturated rings. The highest BCUT2D eigenvalue weighted by molar-refractivity contribution is 6.02. The number of fused-ring (bicyclic) bond motifs is 2. The third-order valence-electron chi connectivity index (χ3n) is 9.20. The summed E-state index contributed by atoms with van der Waals surface area (Å²) in [5.41, 5.74) is 0.343. The smallest absolute Gasteiger partial charge is 0.416 e. The zero-order chi connectivity index (χ0) is 39.0. The number of aliphatic hydroxyl groups is 1. The number of nitrogens with zero attached hydrogens (tertiary/aromatic N) is 2. The number of amides is 5. The van der Waals surface area contributed by atoms with Crippen LogP contribution in [0.5, 0.6) is 17.2 Å². The molecule has 4 N–H and O–H groups in total. The first kappa shape index (κ1) is 40.0. The van der Waals surface area contributed by atoms with E-state index >= 15 is 0 Å². The van der Waals surface area contributed by atoms with E-state index in [2.05, 4.69) is 16.0 Å². The van der Waals surface area contributed by atoms with Crippen molar-refractivity contribution in [1.82, 2.24) is 9.80 Å². The van der Waals surface area contributed by atoms with Crippen molar-refractivity contribution in [2.75, 3.05) is 56.1 Å². The van der Waals surface area contributed by atoms with Gasteiger partial charge in [-0.3, -0.25) is 4.79 Å². The molecule has 54 heavy (non-hydrogen) atoms. The summed E-state index contributed by atoms with van der Waals surface area (Å²) in [6, 6.07) is 12.2. The Hall–Kier alpha value is -5.22. The van der Waals surface area contributed by atoms with Crippen LogP contribution in [0.15, 0.2) is 60.7 Å². The lowest BCUT2D eigenvalue weighted by Crippen LogP contribution is -2.48. The van der Waals surface area contributed by atoms with Gasteiger partial charge in [0.15, 0.2) is 11.5 Å². The summed E-state index contributed by atoms with van der Waals surface area (Å²) in [6.07, 6.45) is -3.23. The predicted octanol–water partition coefficient (Wildman–Crippen LogP) is 7.04. The maximum absolute atomic E-state index is 14.4. The van der Waals surface area contributed by atoms with E-state index in [1.807, 2.05) is 13.8 Å². The molecule has 0 bridgehead atoms. The van der Waals surface area contributed by atoms with Gasteiger partial charge >= 0.3 is 18.2 Å². The summed E-state index contributed by atoms with van der Waals surface area (Å²) in [5.74, 6) is 0.590. The highest BCUT2D eigenvalue weighted by atomic mass is 19.4. The molecule has 0 aromatic heterocycles. The van der Waals surface area contributed by atoms with Crippen LogP contribution < -0.4 is 30.2 Å². The number of aliphatic hydroxyl groups excluding tert-OH is 1. The Morgan fingerprint density at radius 2 is 1.57 bits per heavy atom. The zero-order valence-corrected chi connectivity index (χ0v) is 30.6. The molecule has 0 saturated carbocycles. The van der Waals surface area contributed by atoms with Crippen LogP contribution in [0.1, 0.15) is 56.0 Å². The second-order valence-corrected chi connectivity index (χ2v) is 13.5. The van der Waals surface area contributed by atoms with E-state index in [1.165, 1.54) is 28.0 Å². The Labute approximate surface area is 311 Å². The lowest BCUT2D eigenvalue weighted by Gasteiger charge is -2.35. The van der Waals surface area contributed by atoms with Gasteiger partial charge in [-0.2, -0.15) is 13.2 Å². The molecule has 3 aromatic rings. The zero-order valence-electron chi connectivity index (χ0n) is 30.6. The summed E-state index contributed by atoms with van der Waals surface area (Å²) in [5, 5.41) is 18.4. The average molecular weight is 758 g/mol. The normalized spacial score (nSPS) is 19.8. The number of hydrogen-bond acceptors (Lipinski definition) is 8. The van der Waals surface area contributed by atoms with Crippen molar-refractivity contribution in [3.8, 4) is 17.2 Å². The van der Waals surface area contributed by atoms with Crippen LogP contribution in [0.4, 0.5) is 39.8 Å². The highest BCUT2D eigenvalue weighted by Gasteiger charge is 2.32. The number of anilines is 3. The van der Waals surface area contributed by atoms with Gasteiger partial charge in [0.05, 0.1) is 36.0 Å². The number of urea groups is 2. The van der Waals surface area contributed by atoms with Crippen LogP contribution in [0.3, 0.4) is 0 Å². The number of likely N-dealkylation sites (N-methyl/N-ethyl adjacent to an activating group) is 1. The molecule has 2 aliphatic rings. The Kier molecular flexibility index (Phi) is 13.1. The van der Waals surface area contributed by atoms with Gasteiger partial charge in [-0.1, -0.05) is 6.92 Å². The van der Waals surface area contributed by atoms with Crippen molar-refractivity contribution in [2.45, 2.75) is 64.5 Å². The van der Waals surface area contributed by atoms with Crippen LogP contribution in [-0.2, 0) is 10.9 Å². The fourth-order valence-corrected chi connectivity index (χ4v) is 6.04. The van der Waals surface area contributed by atoms with Gasteiger partial charge in [-0.15, -0.1) is 0 Å². The van der Waals surface area contributed by atoms with E-state index in [9.17, 15) is 32.7 Å². The molecule has 0 radical (unpaired) electrons. The van der Waals surface area contributed by atoms with Gasteiger partial charge in [-0.05, 0) is 87.7 Å². The van der Waals surface area contributed by atoms with Gasteiger partial charge in [0.1, 0.15) is 5.75 Å². The summed E-state index contributed by atoms with van der Waals surface area (Å²) in [4.78, 5) is 43.4. The number of carbonyl (C=O) groups is 3. The van der Waals surface area contributed by atoms with Crippen molar-refractivity contribution < 1.29 is 51.6 Å². The van der Waals surface area contributed by atoms with Crippen LogP contribution in [-0.4, -0.2) is 91.3 Å². The summed E-state index contributed by atoms with van der Waals surface area (Å²) < 4.78 is 62.3. The number of carbonyl (C=O) groups excluding carboxylic acids is 3. The molecule has 4 atom stereocenters. The maximum Gasteiger partial charge on any atom is 0.416 e. The van der Waals surface area contributed by atoms with Crippen molar-refractivity contribution in [3.63, 3.8) is 0 Å². The number of alkyl halides is 3. The molecule has 2 aliphatic heterocycles. The number of benzene rings is 3. The Morgan fingerprint density at radius 1 is 0.926 bits per heavy atom. The molecule has 16 heteroatoms. The molecule has 0 unspecified atom stereocenters. The fraction of sp³-hybridized carbons (Fsp3) is 0.447. The van der Waals surface area contributed by atoms with E-state index in [-0.39, 0.29) is 49.8 Å². The minimum Gasteiger partial charge on any atom is -0.490 e. The van der Waals surface area contributed by atoms with Crippen molar-refractivity contribution in [2.24, 2.45) is 5.92 Å². The topological polar surface area (TPSA) is 151 Å². The molecule has 2 heterocycles. The largest absolute Gasteiger partial charge is 0.490 e. The minimum absolute atomic E-state index is 0.0933. The Balaban J connectivity index is 1.33. The first-order valence-electron chi connectivity index (χ1n) is 17.7. The lowest BCUT2D eigenvalue weighted by atomic mass is 10.0. The van der Waals surface area contributed by atoms with Crippen molar-refractivity contribution >= 4 is 35.0 Å². The van der Waals surface area contributed by atoms with Crippen LogP contribution in [0.25, 0.3) is 0 Å².